The van der Waals surface area contributed by atoms with Crippen molar-refractivity contribution >= 4 is 5.69 Å². The molecule has 0 radical (unpaired) electrons. The van der Waals surface area contributed by atoms with Crippen molar-refractivity contribution in [3.8, 4) is 0 Å². The number of anilines is 1. The van der Waals surface area contributed by atoms with E-state index >= 15 is 0 Å². The van der Waals surface area contributed by atoms with E-state index in [2.05, 4.69) is 71.0 Å². The van der Waals surface area contributed by atoms with Crippen LogP contribution in [0.15, 0.2) is 44.9 Å². The number of allylic oxidation sites excluding steroid dienone is 4. The first kappa shape index (κ1) is 15.6. The molecule has 0 spiro atoms. The van der Waals surface area contributed by atoms with Crippen molar-refractivity contribution in [1.82, 2.24) is 0 Å². The molecule has 1 unspecified atom stereocenters. The van der Waals surface area contributed by atoms with Crippen molar-refractivity contribution in [1.29, 1.82) is 0 Å². The van der Waals surface area contributed by atoms with Gasteiger partial charge in [-0.3, -0.25) is 0 Å². The Hall–Kier alpha value is -0.786. The summed E-state index contributed by atoms with van der Waals surface area (Å²) >= 11 is -0.0727. The van der Waals surface area contributed by atoms with E-state index < -0.39 is 0 Å². The number of hydrogen-bond acceptors (Lipinski definition) is 1. The van der Waals surface area contributed by atoms with Crippen LogP contribution in [-0.2, 0) is 23.9 Å². The summed E-state index contributed by atoms with van der Waals surface area (Å²) in [6.07, 6.45) is 0. The molecular formula is C18H25NTi. The molecule has 0 aromatic heterocycles. The van der Waals surface area contributed by atoms with Gasteiger partial charge in [0.25, 0.3) is 0 Å². The van der Waals surface area contributed by atoms with Gasteiger partial charge in [0.05, 0.1) is 0 Å². The molecule has 0 fully saturated rings. The fourth-order valence-corrected chi connectivity index (χ4v) is 5.52. The Morgan fingerprint density at radius 3 is 2.25 bits per heavy atom. The maximum absolute atomic E-state index is 2.38. The van der Waals surface area contributed by atoms with Crippen LogP contribution < -0.4 is 4.90 Å². The van der Waals surface area contributed by atoms with E-state index in [9.17, 15) is 0 Å². The van der Waals surface area contributed by atoms with Gasteiger partial charge in [-0.1, -0.05) is 0 Å². The second kappa shape index (κ2) is 6.32. The first-order valence-electron chi connectivity index (χ1n) is 7.31. The summed E-state index contributed by atoms with van der Waals surface area (Å²) in [6.45, 7) is 9.29. The third-order valence-corrected chi connectivity index (χ3v) is 7.31. The van der Waals surface area contributed by atoms with E-state index in [1.807, 2.05) is 0 Å². The Labute approximate surface area is 132 Å². The van der Waals surface area contributed by atoms with Crippen LogP contribution in [0.25, 0.3) is 0 Å². The predicted octanol–water partition coefficient (Wildman–Crippen LogP) is 4.60. The van der Waals surface area contributed by atoms with Gasteiger partial charge in [-0.05, 0) is 0 Å². The van der Waals surface area contributed by atoms with E-state index in [0.29, 0.717) is 5.92 Å². The van der Waals surface area contributed by atoms with Crippen molar-refractivity contribution in [3.63, 3.8) is 0 Å². The predicted molar refractivity (Wildman–Crippen MR) is 84.7 cm³/mol. The van der Waals surface area contributed by atoms with Crippen LogP contribution >= 0.6 is 0 Å². The third-order valence-electron chi connectivity index (χ3n) is 4.58. The molecule has 1 aliphatic rings. The number of para-hydroxylation sites is 1. The minimum atomic E-state index is -0.0727. The first-order chi connectivity index (χ1) is 9.43. The number of hydrogen-bond donors (Lipinski definition) is 0. The maximum atomic E-state index is 2.38. The molecule has 0 aliphatic heterocycles. The van der Waals surface area contributed by atoms with Gasteiger partial charge < -0.3 is 0 Å². The van der Waals surface area contributed by atoms with Crippen LogP contribution in [0.5, 0.6) is 0 Å². The van der Waals surface area contributed by atoms with Crippen molar-refractivity contribution in [2.75, 3.05) is 19.0 Å². The Morgan fingerprint density at radius 1 is 1.05 bits per heavy atom. The fraction of sp³-hybridized carbons (Fsp3) is 0.444. The van der Waals surface area contributed by atoms with Crippen molar-refractivity contribution in [3.05, 3.63) is 50.4 Å². The van der Waals surface area contributed by atoms with Crippen LogP contribution in [-0.4, -0.2) is 14.1 Å². The molecule has 1 atom stereocenters. The van der Waals surface area contributed by atoms with Crippen molar-refractivity contribution in [2.24, 2.45) is 5.92 Å². The average molecular weight is 303 g/mol. The van der Waals surface area contributed by atoms with E-state index in [1.54, 1.807) is 15.0 Å². The molecular weight excluding hydrogens is 278 g/mol. The molecule has 0 bridgehead atoms. The molecule has 2 heteroatoms. The average Bonchev–Trinajstić information content (AvgIpc) is 2.61. The van der Waals surface area contributed by atoms with E-state index in [4.69, 9.17) is 0 Å². The zero-order valence-corrected chi connectivity index (χ0v) is 15.1. The summed E-state index contributed by atoms with van der Waals surface area (Å²) in [5, 5.41) is 0. The quantitative estimate of drug-likeness (QED) is 0.735. The Kier molecular flexibility index (Phi) is 4.93. The molecule has 2 rings (SSSR count). The summed E-state index contributed by atoms with van der Waals surface area (Å²) in [4.78, 5) is 2.23. The molecule has 0 N–H and O–H groups in total. The summed E-state index contributed by atoms with van der Waals surface area (Å²) in [6, 6.07) is 8.83. The number of benzene rings is 1. The van der Waals surface area contributed by atoms with Crippen LogP contribution in [0.2, 0.25) is 0 Å². The van der Waals surface area contributed by atoms with Gasteiger partial charge in [0.1, 0.15) is 0 Å². The fourth-order valence-electron chi connectivity index (χ4n) is 2.94. The molecule has 0 saturated carbocycles. The summed E-state index contributed by atoms with van der Waals surface area (Å²) < 4.78 is 3.01. The molecule has 20 heavy (non-hydrogen) atoms. The van der Waals surface area contributed by atoms with E-state index in [-0.39, 0.29) is 19.2 Å². The zero-order valence-electron chi connectivity index (χ0n) is 13.5. The molecule has 1 nitrogen and oxygen atoms in total. The molecule has 106 valence electrons. The van der Waals surface area contributed by atoms with E-state index in [1.165, 1.54) is 21.5 Å². The molecule has 1 aliphatic carbocycles. The molecule has 0 saturated heterocycles. The van der Waals surface area contributed by atoms with E-state index in [0.717, 1.165) is 0 Å². The van der Waals surface area contributed by atoms with Gasteiger partial charge >= 0.3 is 133 Å². The molecule has 0 amide bonds. The molecule has 1 aromatic rings. The monoisotopic (exact) mass is 303 g/mol. The SMILES string of the molecule is CC1=C(C)C(C)[C]([Ti][CH2]c2ccccc2N(C)C)=C1C. The second-order valence-electron chi connectivity index (χ2n) is 5.95. The van der Waals surface area contributed by atoms with Crippen LogP contribution in [0, 0.1) is 5.92 Å². The second-order valence-corrected chi connectivity index (χ2v) is 7.89. The summed E-state index contributed by atoms with van der Waals surface area (Å²) in [7, 11) is 4.27. The van der Waals surface area contributed by atoms with Crippen LogP contribution in [0.4, 0.5) is 5.69 Å². The first-order valence-corrected chi connectivity index (χ1v) is 9.19. The number of nitrogens with zero attached hydrogens (tertiary/aromatic N) is 1. The summed E-state index contributed by atoms with van der Waals surface area (Å²) in [5.41, 5.74) is 7.59. The molecule has 1 aromatic carbocycles. The minimum absolute atomic E-state index is 0.0727. The van der Waals surface area contributed by atoms with Gasteiger partial charge in [-0.2, -0.15) is 0 Å². The Balaban J connectivity index is 2.15. The van der Waals surface area contributed by atoms with Crippen LogP contribution in [0.1, 0.15) is 33.3 Å². The normalized spacial score (nSPS) is 18.8. The standard InChI is InChI=1S/C9H12N.C9H13.Ti/c1-8-6-4-5-7-9(8)10(2)3;1-6-5-7(2)9(4)8(6)3;/h4-7H,1H2,2-3H3;6H,1-4H3;. The summed E-state index contributed by atoms with van der Waals surface area (Å²) in [5.74, 6) is 0.682. The Bertz CT molecular complexity index is 567. The third kappa shape index (κ3) is 2.94. The number of rotatable bonds is 4. The topological polar surface area (TPSA) is 3.24 Å². The van der Waals surface area contributed by atoms with Gasteiger partial charge in [0.2, 0.25) is 0 Å². The van der Waals surface area contributed by atoms with Gasteiger partial charge in [-0.15, -0.1) is 0 Å². The van der Waals surface area contributed by atoms with Crippen LogP contribution in [0.3, 0.4) is 0 Å². The molecule has 0 heterocycles. The van der Waals surface area contributed by atoms with Crippen molar-refractivity contribution in [2.45, 2.75) is 32.4 Å². The van der Waals surface area contributed by atoms with Gasteiger partial charge in [0.15, 0.2) is 0 Å². The van der Waals surface area contributed by atoms with Crippen molar-refractivity contribution < 1.29 is 19.2 Å². The zero-order chi connectivity index (χ0) is 14.9. The van der Waals surface area contributed by atoms with Gasteiger partial charge in [-0.25, -0.2) is 0 Å². The van der Waals surface area contributed by atoms with Gasteiger partial charge in [0, 0.05) is 0 Å². The Morgan fingerprint density at radius 2 is 1.70 bits per heavy atom.